The van der Waals surface area contributed by atoms with Crippen molar-refractivity contribution >= 4 is 21.5 Å². The highest BCUT2D eigenvalue weighted by Gasteiger charge is 2.30. The van der Waals surface area contributed by atoms with E-state index in [2.05, 4.69) is 4.72 Å². The van der Waals surface area contributed by atoms with Crippen LogP contribution in [0.1, 0.15) is 28.4 Å². The molecule has 1 atom stereocenters. The molecule has 0 saturated carbocycles. The Kier molecular flexibility index (Phi) is 3.83. The number of sulfonamides is 1. The van der Waals surface area contributed by atoms with Crippen LogP contribution in [-0.2, 0) is 10.0 Å². The van der Waals surface area contributed by atoms with Gasteiger partial charge in [-0.1, -0.05) is 18.2 Å². The second kappa shape index (κ2) is 5.68. The van der Waals surface area contributed by atoms with E-state index in [9.17, 15) is 18.3 Å². The molecule has 0 fully saturated rings. The molecule has 0 radical (unpaired) electrons. The number of aliphatic hydroxyl groups is 1. The van der Waals surface area contributed by atoms with Crippen molar-refractivity contribution in [2.75, 3.05) is 11.0 Å². The van der Waals surface area contributed by atoms with Gasteiger partial charge in [0.05, 0.1) is 18.0 Å². The Morgan fingerprint density at radius 2 is 1.91 bits per heavy atom. The number of para-hydroxylation sites is 1. The summed E-state index contributed by atoms with van der Waals surface area (Å²) in [6, 6.07) is 11.7. The number of nitrogens with one attached hydrogen (secondary N) is 1. The van der Waals surface area contributed by atoms with Crippen molar-refractivity contribution in [3.63, 3.8) is 0 Å². The van der Waals surface area contributed by atoms with Crippen LogP contribution in [0.15, 0.2) is 42.5 Å². The van der Waals surface area contributed by atoms with Gasteiger partial charge < -0.3 is 9.84 Å². The number of benzene rings is 2. The number of carbonyl (C=O) groups excluding carboxylic acids is 1. The molecule has 0 spiro atoms. The lowest BCUT2D eigenvalue weighted by Crippen LogP contribution is -2.11. The lowest BCUT2D eigenvalue weighted by molar-refractivity contribution is 0.0930. The van der Waals surface area contributed by atoms with Crippen molar-refractivity contribution in [2.24, 2.45) is 0 Å². The van der Waals surface area contributed by atoms with E-state index in [4.69, 9.17) is 4.74 Å². The number of Topliss-reactive ketones (excluding diaryl/α,β-unsaturated/α-hetero) is 1. The zero-order valence-electron chi connectivity index (χ0n) is 12.3. The topological polar surface area (TPSA) is 92.7 Å². The van der Waals surface area contributed by atoms with Crippen molar-refractivity contribution in [3.05, 3.63) is 53.6 Å². The second-order valence-electron chi connectivity index (χ2n) is 5.37. The minimum atomic E-state index is -3.54. The van der Waals surface area contributed by atoms with Gasteiger partial charge >= 0.3 is 0 Å². The maximum atomic E-state index is 11.9. The van der Waals surface area contributed by atoms with Gasteiger partial charge in [-0.3, -0.25) is 9.52 Å². The van der Waals surface area contributed by atoms with Gasteiger partial charge in [0, 0.05) is 12.0 Å². The molecule has 120 valence electrons. The molecule has 3 rings (SSSR count). The summed E-state index contributed by atoms with van der Waals surface area (Å²) < 4.78 is 31.2. The van der Waals surface area contributed by atoms with Crippen LogP contribution < -0.4 is 9.46 Å². The van der Waals surface area contributed by atoms with E-state index in [1.165, 1.54) is 12.1 Å². The molecule has 0 unspecified atom stereocenters. The molecule has 7 heteroatoms. The molecule has 6 nitrogen and oxygen atoms in total. The summed E-state index contributed by atoms with van der Waals surface area (Å²) >= 11 is 0. The van der Waals surface area contributed by atoms with Crippen LogP contribution in [0, 0.1) is 0 Å². The molecular formula is C16H15NO5S. The van der Waals surface area contributed by atoms with E-state index >= 15 is 0 Å². The molecule has 0 amide bonds. The molecule has 0 heterocycles. The molecular weight excluding hydrogens is 318 g/mol. The largest absolute Gasteiger partial charge is 0.455 e. The summed E-state index contributed by atoms with van der Waals surface area (Å²) in [6.07, 6.45) is 0.0830. The number of hydrogen-bond donors (Lipinski definition) is 2. The Bertz CT molecular complexity index is 862. The minimum Gasteiger partial charge on any atom is -0.455 e. The number of anilines is 1. The first kappa shape index (κ1) is 15.5. The van der Waals surface area contributed by atoms with Gasteiger partial charge in [0.25, 0.3) is 0 Å². The maximum absolute atomic E-state index is 11.9. The molecule has 0 bridgehead atoms. The number of fused-ring (bicyclic) bond motifs is 1. The molecule has 0 saturated heterocycles. The van der Waals surface area contributed by atoms with Crippen LogP contribution in [0.5, 0.6) is 11.5 Å². The van der Waals surface area contributed by atoms with E-state index in [0.29, 0.717) is 16.9 Å². The zero-order valence-corrected chi connectivity index (χ0v) is 13.1. The van der Waals surface area contributed by atoms with Crippen LogP contribution in [0.2, 0.25) is 0 Å². The van der Waals surface area contributed by atoms with Crippen molar-refractivity contribution < 1.29 is 23.1 Å². The summed E-state index contributed by atoms with van der Waals surface area (Å²) in [4.78, 5) is 11.9. The normalized spacial score (nSPS) is 17.0. The van der Waals surface area contributed by atoms with Crippen molar-refractivity contribution in [2.45, 2.75) is 12.5 Å². The van der Waals surface area contributed by atoms with Crippen molar-refractivity contribution in [1.29, 1.82) is 0 Å². The minimum absolute atomic E-state index is 0.0115. The van der Waals surface area contributed by atoms with Crippen LogP contribution in [0.4, 0.5) is 5.69 Å². The standard InChI is InChI=1S/C16H15NO5S/c1-23(20,21)17-13-7-11-12(15(19)9-14(11)18)8-16(13)22-10-5-3-2-4-6-10/h2-8,14,17-18H,9H2,1H3/t14-/m1/s1. The maximum Gasteiger partial charge on any atom is 0.229 e. The first-order valence-corrected chi connectivity index (χ1v) is 8.82. The monoisotopic (exact) mass is 333 g/mol. The Balaban J connectivity index is 2.08. The van der Waals surface area contributed by atoms with Gasteiger partial charge in [0.1, 0.15) is 5.75 Å². The van der Waals surface area contributed by atoms with Crippen LogP contribution in [-0.4, -0.2) is 25.6 Å². The number of ketones is 1. The van der Waals surface area contributed by atoms with Crippen molar-refractivity contribution in [3.8, 4) is 11.5 Å². The lowest BCUT2D eigenvalue weighted by Gasteiger charge is -2.14. The third-order valence-electron chi connectivity index (χ3n) is 3.46. The van der Waals surface area contributed by atoms with Crippen LogP contribution >= 0.6 is 0 Å². The average molecular weight is 333 g/mol. The highest BCUT2D eigenvalue weighted by molar-refractivity contribution is 7.92. The molecule has 2 aromatic carbocycles. The average Bonchev–Trinajstić information content (AvgIpc) is 2.73. The summed E-state index contributed by atoms with van der Waals surface area (Å²) in [5, 5.41) is 9.92. The number of hydrogen-bond acceptors (Lipinski definition) is 5. The van der Waals surface area contributed by atoms with Gasteiger partial charge in [-0.25, -0.2) is 8.42 Å². The van der Waals surface area contributed by atoms with Gasteiger partial charge in [-0.05, 0) is 29.8 Å². The van der Waals surface area contributed by atoms with Crippen LogP contribution in [0.25, 0.3) is 0 Å². The van der Waals surface area contributed by atoms with E-state index in [-0.39, 0.29) is 23.6 Å². The number of rotatable bonds is 4. The SMILES string of the molecule is CS(=O)(=O)Nc1cc2c(cc1Oc1ccccc1)C(=O)C[C@H]2O. The smallest absolute Gasteiger partial charge is 0.229 e. The summed E-state index contributed by atoms with van der Waals surface area (Å²) in [5.74, 6) is 0.522. The Hall–Kier alpha value is -2.38. The third-order valence-corrected chi connectivity index (χ3v) is 4.05. The predicted octanol–water partition coefficient (Wildman–Crippen LogP) is 2.47. The van der Waals surface area contributed by atoms with Crippen molar-refractivity contribution in [1.82, 2.24) is 0 Å². The van der Waals surface area contributed by atoms with E-state index in [1.54, 1.807) is 24.3 Å². The molecule has 2 aromatic rings. The molecule has 0 aliphatic heterocycles. The fraction of sp³-hybridized carbons (Fsp3) is 0.188. The quantitative estimate of drug-likeness (QED) is 0.896. The molecule has 2 N–H and O–H groups in total. The lowest BCUT2D eigenvalue weighted by atomic mass is 10.1. The van der Waals surface area contributed by atoms with E-state index in [1.807, 2.05) is 6.07 Å². The highest BCUT2D eigenvalue weighted by atomic mass is 32.2. The molecule has 1 aliphatic rings. The number of ether oxygens (including phenoxy) is 1. The second-order valence-corrected chi connectivity index (χ2v) is 7.12. The summed E-state index contributed by atoms with van der Waals surface area (Å²) in [5.41, 5.74) is 0.938. The first-order chi connectivity index (χ1) is 10.8. The Morgan fingerprint density at radius 3 is 2.57 bits per heavy atom. The van der Waals surface area contributed by atoms with E-state index < -0.39 is 16.1 Å². The molecule has 23 heavy (non-hydrogen) atoms. The third kappa shape index (κ3) is 3.35. The Labute approximate surface area is 133 Å². The van der Waals surface area contributed by atoms with Crippen LogP contribution in [0.3, 0.4) is 0 Å². The Morgan fingerprint density at radius 1 is 1.22 bits per heavy atom. The summed E-state index contributed by atoms with van der Waals surface area (Å²) in [7, 11) is -3.54. The fourth-order valence-corrected chi connectivity index (χ4v) is 3.05. The number of carbonyl (C=O) groups is 1. The first-order valence-electron chi connectivity index (χ1n) is 6.93. The summed E-state index contributed by atoms with van der Waals surface area (Å²) in [6.45, 7) is 0. The predicted molar refractivity (Wildman–Crippen MR) is 85.3 cm³/mol. The highest BCUT2D eigenvalue weighted by Crippen LogP contribution is 2.40. The molecule has 0 aromatic heterocycles. The van der Waals surface area contributed by atoms with Gasteiger partial charge in [0.2, 0.25) is 10.0 Å². The van der Waals surface area contributed by atoms with Gasteiger partial charge in [-0.15, -0.1) is 0 Å². The van der Waals surface area contributed by atoms with Gasteiger partial charge in [0.15, 0.2) is 11.5 Å². The fourth-order valence-electron chi connectivity index (χ4n) is 2.49. The molecule has 1 aliphatic carbocycles. The van der Waals surface area contributed by atoms with E-state index in [0.717, 1.165) is 6.26 Å². The zero-order chi connectivity index (χ0) is 16.6. The van der Waals surface area contributed by atoms with Gasteiger partial charge in [-0.2, -0.15) is 0 Å². The number of aliphatic hydroxyl groups excluding tert-OH is 1.